The van der Waals surface area contributed by atoms with Crippen molar-refractivity contribution in [2.24, 2.45) is 0 Å². The van der Waals surface area contributed by atoms with E-state index in [1.807, 2.05) is 6.92 Å². The van der Waals surface area contributed by atoms with Crippen LogP contribution < -0.4 is 4.90 Å². The fraction of sp³-hybridized carbons (Fsp3) is 0.167. The van der Waals surface area contributed by atoms with Gasteiger partial charge in [0.1, 0.15) is 18.0 Å². The summed E-state index contributed by atoms with van der Waals surface area (Å²) < 4.78 is 44.0. The molecule has 4 aromatic rings. The first-order valence-corrected chi connectivity index (χ1v) is 8.01. The van der Waals surface area contributed by atoms with Crippen molar-refractivity contribution >= 4 is 28.2 Å². The highest BCUT2D eigenvalue weighted by Gasteiger charge is 2.21. The summed E-state index contributed by atoms with van der Waals surface area (Å²) in [7, 11) is 0. The fourth-order valence-electron chi connectivity index (χ4n) is 3.10. The second kappa shape index (κ2) is 5.98. The van der Waals surface area contributed by atoms with E-state index in [2.05, 4.69) is 15.2 Å². The third-order valence-corrected chi connectivity index (χ3v) is 4.20. The normalized spacial score (nSPS) is 11.4. The molecule has 0 amide bonds. The molecule has 0 saturated carbocycles. The van der Waals surface area contributed by atoms with Gasteiger partial charge in [0.15, 0.2) is 11.6 Å². The van der Waals surface area contributed by atoms with E-state index < -0.39 is 17.5 Å². The van der Waals surface area contributed by atoms with Gasteiger partial charge in [0, 0.05) is 12.2 Å². The molecule has 0 aliphatic heterocycles. The Morgan fingerprint density at radius 3 is 2.65 bits per heavy atom. The van der Waals surface area contributed by atoms with Crippen molar-refractivity contribution in [3.8, 4) is 0 Å². The van der Waals surface area contributed by atoms with Crippen molar-refractivity contribution in [1.82, 2.24) is 19.6 Å². The van der Waals surface area contributed by atoms with E-state index >= 15 is 0 Å². The average Bonchev–Trinajstić information content (AvgIpc) is 3.06. The SMILES string of the molecule is CCN(c1cc(C)cc(F)c1)c1nc2nncn2c2ccc(F)c(F)c12. The first-order valence-electron chi connectivity index (χ1n) is 8.01. The number of anilines is 2. The van der Waals surface area contributed by atoms with Gasteiger partial charge in [-0.25, -0.2) is 13.2 Å². The minimum absolute atomic E-state index is 0.0129. The van der Waals surface area contributed by atoms with Crippen molar-refractivity contribution in [2.75, 3.05) is 11.4 Å². The zero-order chi connectivity index (χ0) is 18.4. The summed E-state index contributed by atoms with van der Waals surface area (Å²) in [6.07, 6.45) is 1.38. The second-order valence-corrected chi connectivity index (χ2v) is 5.92. The van der Waals surface area contributed by atoms with E-state index in [9.17, 15) is 13.2 Å². The Hall–Kier alpha value is -3.16. The first-order chi connectivity index (χ1) is 12.5. The summed E-state index contributed by atoms with van der Waals surface area (Å²) in [5.74, 6) is -2.03. The van der Waals surface area contributed by atoms with Gasteiger partial charge in [-0.3, -0.25) is 4.40 Å². The zero-order valence-electron chi connectivity index (χ0n) is 14.0. The first kappa shape index (κ1) is 16.3. The molecule has 0 aliphatic carbocycles. The van der Waals surface area contributed by atoms with Crippen LogP contribution in [0.25, 0.3) is 16.7 Å². The van der Waals surface area contributed by atoms with Gasteiger partial charge in [0.25, 0.3) is 5.78 Å². The smallest absolute Gasteiger partial charge is 0.257 e. The number of rotatable bonds is 3. The number of halogens is 3. The lowest BCUT2D eigenvalue weighted by atomic mass is 10.1. The van der Waals surface area contributed by atoms with E-state index in [4.69, 9.17) is 0 Å². The summed E-state index contributed by atoms with van der Waals surface area (Å²) in [5.41, 5.74) is 1.57. The quantitative estimate of drug-likeness (QED) is 0.552. The highest BCUT2D eigenvalue weighted by Crippen LogP contribution is 2.34. The summed E-state index contributed by atoms with van der Waals surface area (Å²) in [6, 6.07) is 6.97. The molecule has 0 fully saturated rings. The van der Waals surface area contributed by atoms with Crippen molar-refractivity contribution in [3.05, 3.63) is 59.7 Å². The van der Waals surface area contributed by atoms with Crippen LogP contribution in [-0.2, 0) is 0 Å². The molecule has 0 saturated heterocycles. The summed E-state index contributed by atoms with van der Waals surface area (Å²) in [6.45, 7) is 3.94. The Morgan fingerprint density at radius 1 is 1.12 bits per heavy atom. The maximum absolute atomic E-state index is 14.7. The van der Waals surface area contributed by atoms with Crippen LogP contribution in [0.4, 0.5) is 24.7 Å². The van der Waals surface area contributed by atoms with Gasteiger partial charge in [-0.15, -0.1) is 10.2 Å². The molecule has 132 valence electrons. The molecule has 2 aromatic heterocycles. The molecule has 2 aromatic carbocycles. The standard InChI is InChI=1S/C18H14F3N5/c1-3-25(12-7-10(2)6-11(19)8-12)17-15-14(5-4-13(20)16(15)21)26-9-22-24-18(26)23-17/h4-9H,3H2,1-2H3. The number of hydrogen-bond acceptors (Lipinski definition) is 4. The van der Waals surface area contributed by atoms with E-state index in [0.29, 0.717) is 23.3 Å². The van der Waals surface area contributed by atoms with Gasteiger partial charge >= 0.3 is 0 Å². The number of hydrogen-bond donors (Lipinski definition) is 0. The molecule has 26 heavy (non-hydrogen) atoms. The van der Waals surface area contributed by atoms with Crippen molar-refractivity contribution in [3.63, 3.8) is 0 Å². The van der Waals surface area contributed by atoms with Crippen LogP contribution in [0.1, 0.15) is 12.5 Å². The highest BCUT2D eigenvalue weighted by molar-refractivity contribution is 5.94. The summed E-state index contributed by atoms with van der Waals surface area (Å²) in [4.78, 5) is 5.98. The Morgan fingerprint density at radius 2 is 1.92 bits per heavy atom. The van der Waals surface area contributed by atoms with E-state index in [1.165, 1.54) is 28.9 Å². The van der Waals surface area contributed by atoms with Crippen LogP contribution in [0.3, 0.4) is 0 Å². The van der Waals surface area contributed by atoms with Gasteiger partial charge in [-0.1, -0.05) is 0 Å². The van der Waals surface area contributed by atoms with Crippen molar-refractivity contribution < 1.29 is 13.2 Å². The van der Waals surface area contributed by atoms with Crippen molar-refractivity contribution in [2.45, 2.75) is 13.8 Å². The molecule has 0 spiro atoms. The summed E-state index contributed by atoms with van der Waals surface area (Å²) >= 11 is 0. The predicted octanol–water partition coefficient (Wildman–Crippen LogP) is 4.16. The molecule has 8 heteroatoms. The van der Waals surface area contributed by atoms with E-state index in [-0.39, 0.29) is 17.0 Å². The molecule has 0 bridgehead atoms. The number of benzene rings is 2. The minimum Gasteiger partial charge on any atom is -0.326 e. The zero-order valence-corrected chi connectivity index (χ0v) is 14.0. The third-order valence-electron chi connectivity index (χ3n) is 4.20. The van der Waals surface area contributed by atoms with Crippen LogP contribution >= 0.6 is 0 Å². The lowest BCUT2D eigenvalue weighted by molar-refractivity contribution is 0.516. The maximum Gasteiger partial charge on any atom is 0.257 e. The predicted molar refractivity (Wildman–Crippen MR) is 92.0 cm³/mol. The molecule has 0 atom stereocenters. The largest absolute Gasteiger partial charge is 0.326 e. The molecule has 0 aliphatic rings. The fourth-order valence-corrected chi connectivity index (χ4v) is 3.10. The molecular formula is C18H14F3N5. The van der Waals surface area contributed by atoms with Gasteiger partial charge in [0.05, 0.1) is 10.9 Å². The van der Waals surface area contributed by atoms with Gasteiger partial charge in [0.2, 0.25) is 0 Å². The number of aromatic nitrogens is 4. The lowest BCUT2D eigenvalue weighted by Gasteiger charge is -2.24. The molecular weight excluding hydrogens is 343 g/mol. The molecule has 0 radical (unpaired) electrons. The van der Waals surface area contributed by atoms with Crippen LogP contribution in [0.15, 0.2) is 36.7 Å². The molecule has 0 N–H and O–H groups in total. The van der Waals surface area contributed by atoms with E-state index in [0.717, 1.165) is 6.07 Å². The number of fused-ring (bicyclic) bond motifs is 3. The minimum atomic E-state index is -1.02. The van der Waals surface area contributed by atoms with Crippen LogP contribution in [0, 0.1) is 24.4 Å². The van der Waals surface area contributed by atoms with Crippen LogP contribution in [0.5, 0.6) is 0 Å². The monoisotopic (exact) mass is 357 g/mol. The highest BCUT2D eigenvalue weighted by atomic mass is 19.2. The van der Waals surface area contributed by atoms with Crippen LogP contribution in [-0.4, -0.2) is 26.1 Å². The third kappa shape index (κ3) is 2.45. The Balaban J connectivity index is 2.08. The number of nitrogens with zero attached hydrogens (tertiary/aromatic N) is 5. The average molecular weight is 357 g/mol. The van der Waals surface area contributed by atoms with E-state index in [1.54, 1.807) is 17.9 Å². The Labute approximate surface area is 146 Å². The lowest BCUT2D eigenvalue weighted by Crippen LogP contribution is -2.19. The molecule has 2 heterocycles. The van der Waals surface area contributed by atoms with Crippen LogP contribution in [0.2, 0.25) is 0 Å². The molecule has 5 nitrogen and oxygen atoms in total. The van der Waals surface area contributed by atoms with Crippen molar-refractivity contribution in [1.29, 1.82) is 0 Å². The Bertz CT molecular complexity index is 1120. The molecule has 4 rings (SSSR count). The second-order valence-electron chi connectivity index (χ2n) is 5.92. The Kier molecular flexibility index (Phi) is 3.75. The van der Waals surface area contributed by atoms with Gasteiger partial charge in [-0.05, 0) is 49.7 Å². The maximum atomic E-state index is 14.7. The summed E-state index contributed by atoms with van der Waals surface area (Å²) in [5, 5.41) is 7.69. The van der Waals surface area contributed by atoms with Gasteiger partial charge < -0.3 is 4.90 Å². The van der Waals surface area contributed by atoms with Gasteiger partial charge in [-0.2, -0.15) is 4.98 Å². The molecule has 0 unspecified atom stereocenters. The topological polar surface area (TPSA) is 46.3 Å². The number of aryl methyl sites for hydroxylation is 1.